The highest BCUT2D eigenvalue weighted by Crippen LogP contribution is 2.17. The van der Waals surface area contributed by atoms with Crippen LogP contribution in [0.15, 0.2) is 48.5 Å². The van der Waals surface area contributed by atoms with Crippen molar-refractivity contribution in [2.24, 2.45) is 5.73 Å². The van der Waals surface area contributed by atoms with Crippen LogP contribution in [0.4, 0.5) is 0 Å². The summed E-state index contributed by atoms with van der Waals surface area (Å²) in [5.41, 5.74) is 8.42. The Morgan fingerprint density at radius 2 is 1.95 bits per heavy atom. The average molecular weight is 290 g/mol. The number of aryl methyl sites for hydroxylation is 1. The second-order valence-electron chi connectivity index (χ2n) is 5.01. The summed E-state index contributed by atoms with van der Waals surface area (Å²) in [5.74, 6) is 0.898. The third-order valence-corrected chi connectivity index (χ3v) is 3.56. The molecule has 1 atom stereocenters. The van der Waals surface area contributed by atoms with Crippen molar-refractivity contribution in [1.82, 2.24) is 0 Å². The third kappa shape index (κ3) is 4.55. The van der Waals surface area contributed by atoms with Gasteiger partial charge in [-0.05, 0) is 49.1 Å². The van der Waals surface area contributed by atoms with Gasteiger partial charge in [0.25, 0.3) is 0 Å². The van der Waals surface area contributed by atoms with Gasteiger partial charge in [-0.3, -0.25) is 0 Å². The molecule has 106 valence electrons. The van der Waals surface area contributed by atoms with Gasteiger partial charge in [0.05, 0.1) is 6.61 Å². The zero-order valence-corrected chi connectivity index (χ0v) is 12.4. The number of benzene rings is 2. The van der Waals surface area contributed by atoms with Gasteiger partial charge in [0, 0.05) is 11.1 Å². The zero-order valence-electron chi connectivity index (χ0n) is 11.7. The lowest BCUT2D eigenvalue weighted by atomic mass is 10.0. The molecule has 2 aromatic rings. The maximum Gasteiger partial charge on any atom is 0.119 e. The fourth-order valence-corrected chi connectivity index (χ4v) is 2.29. The molecular weight excluding hydrogens is 270 g/mol. The molecule has 0 radical (unpaired) electrons. The fourth-order valence-electron chi connectivity index (χ4n) is 2.08. The van der Waals surface area contributed by atoms with Gasteiger partial charge in [-0.25, -0.2) is 0 Å². The van der Waals surface area contributed by atoms with Crippen LogP contribution in [0.3, 0.4) is 0 Å². The van der Waals surface area contributed by atoms with E-state index in [4.69, 9.17) is 22.1 Å². The molecule has 2 aromatic carbocycles. The van der Waals surface area contributed by atoms with Gasteiger partial charge in [0.2, 0.25) is 0 Å². The smallest absolute Gasteiger partial charge is 0.119 e. The lowest BCUT2D eigenvalue weighted by Crippen LogP contribution is -2.25. The molecule has 2 nitrogen and oxygen atoms in total. The summed E-state index contributed by atoms with van der Waals surface area (Å²) in [7, 11) is 0. The maximum atomic E-state index is 6.13. The molecule has 0 aliphatic carbocycles. The van der Waals surface area contributed by atoms with Crippen molar-refractivity contribution in [1.29, 1.82) is 0 Å². The van der Waals surface area contributed by atoms with Gasteiger partial charge >= 0.3 is 0 Å². The van der Waals surface area contributed by atoms with Crippen LogP contribution < -0.4 is 10.5 Å². The standard InChI is InChI=1S/C17H20ClNO/c1-13-5-4-7-16(11-13)20-10-9-15(19)12-14-6-2-3-8-17(14)18/h2-8,11,15H,9-10,12,19H2,1H3. The minimum atomic E-state index is 0.0553. The first-order valence-corrected chi connectivity index (χ1v) is 7.21. The summed E-state index contributed by atoms with van der Waals surface area (Å²) in [4.78, 5) is 0. The number of ether oxygens (including phenoxy) is 1. The SMILES string of the molecule is Cc1cccc(OCCC(N)Cc2ccccc2Cl)c1. The van der Waals surface area contributed by atoms with Crippen LogP contribution in [-0.4, -0.2) is 12.6 Å². The Bertz CT molecular complexity index is 556. The van der Waals surface area contributed by atoms with Crippen LogP contribution in [0.1, 0.15) is 17.5 Å². The summed E-state index contributed by atoms with van der Waals surface area (Å²) in [5, 5.41) is 0.780. The molecule has 0 aliphatic heterocycles. The van der Waals surface area contributed by atoms with Crippen molar-refractivity contribution in [3.05, 3.63) is 64.7 Å². The predicted molar refractivity (Wildman–Crippen MR) is 84.4 cm³/mol. The number of hydrogen-bond acceptors (Lipinski definition) is 2. The van der Waals surface area contributed by atoms with Gasteiger partial charge in [-0.15, -0.1) is 0 Å². The van der Waals surface area contributed by atoms with Crippen molar-refractivity contribution in [3.63, 3.8) is 0 Å². The second-order valence-corrected chi connectivity index (χ2v) is 5.42. The molecule has 1 unspecified atom stereocenters. The molecule has 0 amide bonds. The zero-order chi connectivity index (χ0) is 14.4. The van der Waals surface area contributed by atoms with E-state index in [-0.39, 0.29) is 6.04 Å². The topological polar surface area (TPSA) is 35.2 Å². The van der Waals surface area contributed by atoms with E-state index in [0.717, 1.165) is 29.2 Å². The number of halogens is 1. The Labute approximate surface area is 125 Å². The largest absolute Gasteiger partial charge is 0.494 e. The van der Waals surface area contributed by atoms with Crippen LogP contribution >= 0.6 is 11.6 Å². The van der Waals surface area contributed by atoms with E-state index >= 15 is 0 Å². The molecule has 2 rings (SSSR count). The van der Waals surface area contributed by atoms with Crippen LogP contribution in [0.5, 0.6) is 5.75 Å². The van der Waals surface area contributed by atoms with E-state index in [1.54, 1.807) is 0 Å². The number of nitrogens with two attached hydrogens (primary N) is 1. The Hall–Kier alpha value is -1.51. The Kier molecular flexibility index (Phi) is 5.45. The fraction of sp³-hybridized carbons (Fsp3) is 0.294. The lowest BCUT2D eigenvalue weighted by Gasteiger charge is -2.13. The third-order valence-electron chi connectivity index (χ3n) is 3.19. The van der Waals surface area contributed by atoms with Gasteiger partial charge in [-0.2, -0.15) is 0 Å². The molecular formula is C17H20ClNO. The molecule has 0 saturated carbocycles. The molecule has 0 bridgehead atoms. The summed E-state index contributed by atoms with van der Waals surface area (Å²) in [6, 6.07) is 15.9. The normalized spacial score (nSPS) is 12.2. The Morgan fingerprint density at radius 3 is 2.70 bits per heavy atom. The molecule has 2 N–H and O–H groups in total. The number of hydrogen-bond donors (Lipinski definition) is 1. The molecule has 0 heterocycles. The maximum absolute atomic E-state index is 6.13. The van der Waals surface area contributed by atoms with Gasteiger partial charge < -0.3 is 10.5 Å². The van der Waals surface area contributed by atoms with Crippen LogP contribution in [0.2, 0.25) is 5.02 Å². The summed E-state index contributed by atoms with van der Waals surface area (Å²) in [6.45, 7) is 2.67. The number of rotatable bonds is 6. The molecule has 0 aliphatic rings. The molecule has 0 saturated heterocycles. The predicted octanol–water partition coefficient (Wildman–Crippen LogP) is 3.99. The first kappa shape index (κ1) is 14.9. The van der Waals surface area contributed by atoms with Gasteiger partial charge in [-0.1, -0.05) is 41.9 Å². The van der Waals surface area contributed by atoms with E-state index in [1.165, 1.54) is 5.56 Å². The summed E-state index contributed by atoms with van der Waals surface area (Å²) >= 11 is 6.13. The van der Waals surface area contributed by atoms with Crippen LogP contribution in [-0.2, 0) is 6.42 Å². The molecule has 0 spiro atoms. The van der Waals surface area contributed by atoms with Crippen molar-refractivity contribution < 1.29 is 4.74 Å². The Morgan fingerprint density at radius 1 is 1.15 bits per heavy atom. The van der Waals surface area contributed by atoms with Crippen molar-refractivity contribution in [3.8, 4) is 5.75 Å². The highest BCUT2D eigenvalue weighted by atomic mass is 35.5. The first-order valence-electron chi connectivity index (χ1n) is 6.83. The van der Waals surface area contributed by atoms with E-state index in [1.807, 2.05) is 42.5 Å². The highest BCUT2D eigenvalue weighted by Gasteiger charge is 2.07. The minimum absolute atomic E-state index is 0.0553. The average Bonchev–Trinajstić information content (AvgIpc) is 2.41. The van der Waals surface area contributed by atoms with E-state index < -0.39 is 0 Å². The minimum Gasteiger partial charge on any atom is -0.494 e. The van der Waals surface area contributed by atoms with E-state index in [9.17, 15) is 0 Å². The van der Waals surface area contributed by atoms with Crippen LogP contribution in [0.25, 0.3) is 0 Å². The van der Waals surface area contributed by atoms with Gasteiger partial charge in [0.1, 0.15) is 5.75 Å². The molecule has 20 heavy (non-hydrogen) atoms. The first-order chi connectivity index (χ1) is 9.65. The lowest BCUT2D eigenvalue weighted by molar-refractivity contribution is 0.297. The summed E-state index contributed by atoms with van der Waals surface area (Å²) < 4.78 is 5.71. The highest BCUT2D eigenvalue weighted by molar-refractivity contribution is 6.31. The van der Waals surface area contributed by atoms with E-state index in [0.29, 0.717) is 6.61 Å². The molecule has 0 fully saturated rings. The van der Waals surface area contributed by atoms with Crippen molar-refractivity contribution in [2.45, 2.75) is 25.8 Å². The van der Waals surface area contributed by atoms with Gasteiger partial charge in [0.15, 0.2) is 0 Å². The Balaban J connectivity index is 1.78. The van der Waals surface area contributed by atoms with Crippen molar-refractivity contribution in [2.75, 3.05) is 6.61 Å². The molecule has 3 heteroatoms. The molecule has 0 aromatic heterocycles. The summed E-state index contributed by atoms with van der Waals surface area (Å²) in [6.07, 6.45) is 1.58. The quantitative estimate of drug-likeness (QED) is 0.873. The van der Waals surface area contributed by atoms with Crippen molar-refractivity contribution >= 4 is 11.6 Å². The monoisotopic (exact) mass is 289 g/mol. The van der Waals surface area contributed by atoms with Crippen LogP contribution in [0, 0.1) is 6.92 Å². The van der Waals surface area contributed by atoms with E-state index in [2.05, 4.69) is 13.0 Å². The second kappa shape index (κ2) is 7.32.